The van der Waals surface area contributed by atoms with E-state index in [1.165, 1.54) is 57.2 Å². The molecule has 2 heterocycles. The number of amides is 1. The van der Waals surface area contributed by atoms with Crippen molar-refractivity contribution in [2.45, 2.75) is 63.5 Å². The zero-order valence-electron chi connectivity index (χ0n) is 15.2. The average molecular weight is 341 g/mol. The van der Waals surface area contributed by atoms with Gasteiger partial charge >= 0.3 is 0 Å². The molecule has 2 N–H and O–H groups in total. The Morgan fingerprint density at radius 1 is 1.08 bits per heavy atom. The molecule has 2 saturated heterocycles. The fourth-order valence-electron chi connectivity index (χ4n) is 4.80. The van der Waals surface area contributed by atoms with Crippen LogP contribution in [0.5, 0.6) is 0 Å². The molecule has 3 unspecified atom stereocenters. The number of hydrogen-bond donors (Lipinski definition) is 2. The van der Waals surface area contributed by atoms with E-state index in [0.29, 0.717) is 12.0 Å². The number of hydrogen-bond acceptors (Lipinski definition) is 3. The lowest BCUT2D eigenvalue weighted by Crippen LogP contribution is -2.39. The van der Waals surface area contributed by atoms with Crippen molar-refractivity contribution in [3.8, 4) is 0 Å². The maximum absolute atomic E-state index is 12.6. The minimum absolute atomic E-state index is 0.0112. The molecule has 0 bridgehead atoms. The van der Waals surface area contributed by atoms with E-state index in [2.05, 4.69) is 39.8 Å². The average Bonchev–Trinajstić information content (AvgIpc) is 3.30. The maximum Gasteiger partial charge on any atom is 0.241 e. The summed E-state index contributed by atoms with van der Waals surface area (Å²) in [7, 11) is 0. The van der Waals surface area contributed by atoms with Crippen molar-refractivity contribution in [2.24, 2.45) is 5.92 Å². The fourth-order valence-corrected chi connectivity index (χ4v) is 4.80. The summed E-state index contributed by atoms with van der Waals surface area (Å²) in [4.78, 5) is 15.1. The third kappa shape index (κ3) is 4.24. The minimum Gasteiger partial charge on any atom is -0.325 e. The molecular weight excluding hydrogens is 310 g/mol. The molecule has 1 aromatic rings. The topological polar surface area (TPSA) is 44.4 Å². The van der Waals surface area contributed by atoms with Crippen LogP contribution in [0.3, 0.4) is 0 Å². The van der Waals surface area contributed by atoms with Gasteiger partial charge in [-0.15, -0.1) is 0 Å². The number of nitrogens with zero attached hydrogens (tertiary/aromatic N) is 1. The Bertz CT molecular complexity index is 565. The first-order chi connectivity index (χ1) is 12.3. The van der Waals surface area contributed by atoms with Crippen molar-refractivity contribution in [1.29, 1.82) is 0 Å². The summed E-state index contributed by atoms with van der Waals surface area (Å²) in [6.45, 7) is 3.66. The van der Waals surface area contributed by atoms with Gasteiger partial charge in [0.1, 0.15) is 0 Å². The van der Waals surface area contributed by atoms with Crippen LogP contribution >= 0.6 is 0 Å². The molecule has 3 fully saturated rings. The summed E-state index contributed by atoms with van der Waals surface area (Å²) in [5.74, 6) is 0.844. The summed E-state index contributed by atoms with van der Waals surface area (Å²) < 4.78 is 0. The summed E-state index contributed by atoms with van der Waals surface area (Å²) in [5.41, 5.74) is 2.28. The lowest BCUT2D eigenvalue weighted by atomic mass is 9.85. The maximum atomic E-state index is 12.6. The molecule has 2 aliphatic heterocycles. The van der Waals surface area contributed by atoms with Gasteiger partial charge in [-0.25, -0.2) is 0 Å². The Hall–Kier alpha value is -1.39. The van der Waals surface area contributed by atoms with E-state index in [9.17, 15) is 4.79 Å². The number of nitrogens with one attached hydrogen (secondary N) is 2. The third-order valence-electron chi connectivity index (χ3n) is 6.32. The number of anilines is 1. The summed E-state index contributed by atoms with van der Waals surface area (Å²) in [6, 6.07) is 8.99. The predicted octanol–water partition coefficient (Wildman–Crippen LogP) is 3.18. The summed E-state index contributed by atoms with van der Waals surface area (Å²) >= 11 is 0. The van der Waals surface area contributed by atoms with Gasteiger partial charge in [0.05, 0.1) is 6.04 Å². The lowest BCUT2D eigenvalue weighted by Gasteiger charge is -2.24. The van der Waals surface area contributed by atoms with Crippen molar-refractivity contribution < 1.29 is 4.79 Å². The number of likely N-dealkylation sites (tertiary alicyclic amines) is 1. The predicted molar refractivity (Wildman–Crippen MR) is 102 cm³/mol. The highest BCUT2D eigenvalue weighted by Crippen LogP contribution is 2.33. The molecule has 3 atom stereocenters. The molecule has 1 aromatic carbocycles. The van der Waals surface area contributed by atoms with Crippen LogP contribution in [-0.2, 0) is 11.2 Å². The Kier molecular flexibility index (Phi) is 5.37. The second-order valence-electron chi connectivity index (χ2n) is 8.09. The van der Waals surface area contributed by atoms with Crippen LogP contribution in [0.2, 0.25) is 0 Å². The second kappa shape index (κ2) is 7.88. The SMILES string of the molecule is O=C(Nc1ccc(CCN2CCCC2)cc1)C1CC2CCCCC2N1. The molecule has 0 spiro atoms. The van der Waals surface area contributed by atoms with Crippen LogP contribution in [0.25, 0.3) is 0 Å². The van der Waals surface area contributed by atoms with Gasteiger partial charge in [-0.05, 0) is 75.2 Å². The van der Waals surface area contributed by atoms with E-state index in [0.717, 1.165) is 25.1 Å². The van der Waals surface area contributed by atoms with Crippen LogP contribution < -0.4 is 10.6 Å². The van der Waals surface area contributed by atoms with Crippen molar-refractivity contribution in [2.75, 3.05) is 25.0 Å². The van der Waals surface area contributed by atoms with Gasteiger partial charge in [-0.2, -0.15) is 0 Å². The molecule has 3 aliphatic rings. The smallest absolute Gasteiger partial charge is 0.241 e. The Labute approximate surface area is 151 Å². The molecule has 136 valence electrons. The van der Waals surface area contributed by atoms with Gasteiger partial charge in [0, 0.05) is 18.3 Å². The van der Waals surface area contributed by atoms with E-state index in [1.807, 2.05) is 0 Å². The molecule has 1 amide bonds. The van der Waals surface area contributed by atoms with Crippen molar-refractivity contribution in [1.82, 2.24) is 10.2 Å². The Morgan fingerprint density at radius 2 is 1.84 bits per heavy atom. The summed E-state index contributed by atoms with van der Waals surface area (Å²) in [6.07, 6.45) is 9.96. The van der Waals surface area contributed by atoms with Gasteiger partial charge in [-0.3, -0.25) is 4.79 Å². The standard InChI is InChI=1S/C21H31N3O/c25-21(20-15-17-5-1-2-6-19(17)23-20)22-18-9-7-16(8-10-18)11-14-24-12-3-4-13-24/h7-10,17,19-20,23H,1-6,11-15H2,(H,22,25). The molecular formula is C21H31N3O. The van der Waals surface area contributed by atoms with E-state index >= 15 is 0 Å². The normalized spacial score (nSPS) is 29.5. The van der Waals surface area contributed by atoms with Crippen molar-refractivity contribution in [3.05, 3.63) is 29.8 Å². The van der Waals surface area contributed by atoms with Crippen LogP contribution in [-0.4, -0.2) is 42.5 Å². The Balaban J connectivity index is 1.26. The molecule has 25 heavy (non-hydrogen) atoms. The monoisotopic (exact) mass is 341 g/mol. The van der Waals surface area contributed by atoms with Crippen molar-refractivity contribution in [3.63, 3.8) is 0 Å². The van der Waals surface area contributed by atoms with Crippen LogP contribution in [0.1, 0.15) is 50.5 Å². The Morgan fingerprint density at radius 3 is 2.60 bits per heavy atom. The largest absolute Gasteiger partial charge is 0.325 e. The zero-order valence-corrected chi connectivity index (χ0v) is 15.2. The molecule has 1 saturated carbocycles. The lowest BCUT2D eigenvalue weighted by molar-refractivity contribution is -0.117. The molecule has 4 nitrogen and oxygen atoms in total. The first-order valence-electron chi connectivity index (χ1n) is 10.2. The first-order valence-corrected chi connectivity index (χ1v) is 10.2. The third-order valence-corrected chi connectivity index (χ3v) is 6.32. The summed E-state index contributed by atoms with van der Waals surface area (Å²) in [5, 5.41) is 6.66. The number of benzene rings is 1. The number of fused-ring (bicyclic) bond motifs is 1. The van der Waals surface area contributed by atoms with Crippen LogP contribution in [0.4, 0.5) is 5.69 Å². The highest BCUT2D eigenvalue weighted by Gasteiger charge is 2.38. The van der Waals surface area contributed by atoms with Gasteiger partial charge in [-0.1, -0.05) is 25.0 Å². The van der Waals surface area contributed by atoms with Crippen molar-refractivity contribution >= 4 is 11.6 Å². The number of carbonyl (C=O) groups excluding carboxylic acids is 1. The first kappa shape index (κ1) is 17.0. The highest BCUT2D eigenvalue weighted by atomic mass is 16.2. The zero-order chi connectivity index (χ0) is 17.1. The van der Waals surface area contributed by atoms with Gasteiger partial charge in [0.25, 0.3) is 0 Å². The minimum atomic E-state index is -0.0112. The van der Waals surface area contributed by atoms with Gasteiger partial charge in [0.2, 0.25) is 5.91 Å². The quantitative estimate of drug-likeness (QED) is 0.864. The van der Waals surface area contributed by atoms with E-state index in [1.54, 1.807) is 0 Å². The molecule has 4 rings (SSSR count). The van der Waals surface area contributed by atoms with E-state index in [-0.39, 0.29) is 11.9 Å². The van der Waals surface area contributed by atoms with Gasteiger partial charge in [0.15, 0.2) is 0 Å². The van der Waals surface area contributed by atoms with Crippen LogP contribution in [0.15, 0.2) is 24.3 Å². The number of carbonyl (C=O) groups is 1. The highest BCUT2D eigenvalue weighted by molar-refractivity contribution is 5.95. The van der Waals surface area contributed by atoms with Gasteiger partial charge < -0.3 is 15.5 Å². The van der Waals surface area contributed by atoms with Crippen LogP contribution in [0, 0.1) is 5.92 Å². The number of rotatable bonds is 5. The molecule has 4 heteroatoms. The van der Waals surface area contributed by atoms with E-state index in [4.69, 9.17) is 0 Å². The van der Waals surface area contributed by atoms with E-state index < -0.39 is 0 Å². The molecule has 0 aromatic heterocycles. The fraction of sp³-hybridized carbons (Fsp3) is 0.667. The molecule has 1 aliphatic carbocycles. The molecule has 0 radical (unpaired) electrons. The second-order valence-corrected chi connectivity index (χ2v) is 8.09.